The fourth-order valence-electron chi connectivity index (χ4n) is 1.81. The standard InChI is InChI=1S/C10H8N2O6/c13-8-2-1-6(11(16)17)5-7(8)12(18)9(14)3-4-10(12)15/h1-2,5,13H,3-4H2. The summed E-state index contributed by atoms with van der Waals surface area (Å²) in [5, 5.41) is 32.3. The number of non-ortho nitro benzene ring substituents is 1. The smallest absolute Gasteiger partial charge is 0.326 e. The van der Waals surface area contributed by atoms with Crippen molar-refractivity contribution in [2.24, 2.45) is 0 Å². The van der Waals surface area contributed by atoms with Gasteiger partial charge in [-0.25, -0.2) is 9.59 Å². The van der Waals surface area contributed by atoms with E-state index in [0.717, 1.165) is 18.2 Å². The summed E-state index contributed by atoms with van der Waals surface area (Å²) in [5.74, 6) is -2.48. The van der Waals surface area contributed by atoms with Crippen LogP contribution in [-0.4, -0.2) is 21.8 Å². The van der Waals surface area contributed by atoms with Crippen LogP contribution >= 0.6 is 0 Å². The molecule has 0 spiro atoms. The molecule has 0 aliphatic carbocycles. The highest BCUT2D eigenvalue weighted by atomic mass is 16.6. The van der Waals surface area contributed by atoms with E-state index in [1.54, 1.807) is 0 Å². The first-order valence-electron chi connectivity index (χ1n) is 5.02. The number of nitro groups is 1. The zero-order valence-corrected chi connectivity index (χ0v) is 9.03. The Bertz CT molecular complexity index is 551. The number of carbonyl (C=O) groups excluding carboxylic acids is 2. The third-order valence-corrected chi connectivity index (χ3v) is 2.76. The first-order valence-corrected chi connectivity index (χ1v) is 5.02. The molecule has 1 aliphatic heterocycles. The number of hydroxylamine groups is 2. The largest absolute Gasteiger partial charge is 0.612 e. The molecule has 1 fully saturated rings. The molecule has 1 aliphatic rings. The van der Waals surface area contributed by atoms with E-state index in [9.17, 15) is 30.0 Å². The van der Waals surface area contributed by atoms with Crippen LogP contribution in [0.2, 0.25) is 0 Å². The van der Waals surface area contributed by atoms with E-state index in [2.05, 4.69) is 0 Å². The van der Waals surface area contributed by atoms with Gasteiger partial charge in [0.25, 0.3) is 5.69 Å². The van der Waals surface area contributed by atoms with Gasteiger partial charge in [0, 0.05) is 6.07 Å². The molecular weight excluding hydrogens is 244 g/mol. The van der Waals surface area contributed by atoms with Crippen LogP contribution in [0.5, 0.6) is 5.75 Å². The van der Waals surface area contributed by atoms with E-state index in [1.165, 1.54) is 0 Å². The molecule has 2 amide bonds. The fraction of sp³-hybridized carbons (Fsp3) is 0.200. The molecule has 0 aromatic heterocycles. The Morgan fingerprint density at radius 2 is 1.78 bits per heavy atom. The predicted molar refractivity (Wildman–Crippen MR) is 59.2 cm³/mol. The lowest BCUT2D eigenvalue weighted by Gasteiger charge is -2.31. The van der Waals surface area contributed by atoms with Gasteiger partial charge in [-0.05, 0) is 6.07 Å². The lowest BCUT2D eigenvalue weighted by molar-refractivity contribution is -0.384. The van der Waals surface area contributed by atoms with Crippen molar-refractivity contribution in [1.82, 2.24) is 4.65 Å². The van der Waals surface area contributed by atoms with E-state index in [0.29, 0.717) is 0 Å². The minimum Gasteiger partial charge on any atom is -0.612 e. The minimum absolute atomic E-state index is 0.232. The van der Waals surface area contributed by atoms with Gasteiger partial charge in [-0.2, -0.15) is 4.65 Å². The van der Waals surface area contributed by atoms with E-state index < -0.39 is 38.5 Å². The quantitative estimate of drug-likeness (QED) is 0.275. The molecule has 8 heteroatoms. The summed E-state index contributed by atoms with van der Waals surface area (Å²) in [7, 11) is 0. The van der Waals surface area contributed by atoms with Crippen molar-refractivity contribution >= 4 is 23.2 Å². The van der Waals surface area contributed by atoms with Crippen LogP contribution in [-0.2, 0) is 9.59 Å². The minimum atomic E-state index is -1.96. The Balaban J connectivity index is 2.63. The molecule has 1 aromatic carbocycles. The number of nitrogens with zero attached hydrogens (tertiary/aromatic N) is 2. The highest BCUT2D eigenvalue weighted by Crippen LogP contribution is 2.39. The maximum atomic E-state index is 12.2. The van der Waals surface area contributed by atoms with Crippen LogP contribution in [0.15, 0.2) is 18.2 Å². The number of amides is 2. The van der Waals surface area contributed by atoms with Crippen LogP contribution in [0.4, 0.5) is 11.4 Å². The Hall–Kier alpha value is -2.32. The lowest BCUT2D eigenvalue weighted by Crippen LogP contribution is -2.48. The second kappa shape index (κ2) is 3.86. The van der Waals surface area contributed by atoms with Crippen molar-refractivity contribution in [3.05, 3.63) is 33.5 Å². The Morgan fingerprint density at radius 1 is 1.22 bits per heavy atom. The Labute approximate surface area is 100 Å². The zero-order chi connectivity index (χ0) is 13.5. The second-order valence-electron chi connectivity index (χ2n) is 3.83. The molecule has 1 heterocycles. The molecule has 1 saturated heterocycles. The highest BCUT2D eigenvalue weighted by molar-refractivity contribution is 6.15. The van der Waals surface area contributed by atoms with Crippen LogP contribution in [0.1, 0.15) is 12.8 Å². The van der Waals surface area contributed by atoms with Gasteiger partial charge < -0.3 is 10.3 Å². The van der Waals surface area contributed by atoms with Gasteiger partial charge in [-0.1, -0.05) is 0 Å². The van der Waals surface area contributed by atoms with E-state index >= 15 is 0 Å². The summed E-state index contributed by atoms with van der Waals surface area (Å²) < 4.78 is -1.96. The molecule has 1 aromatic rings. The van der Waals surface area contributed by atoms with Gasteiger partial charge in [-0.3, -0.25) is 10.1 Å². The summed E-state index contributed by atoms with van der Waals surface area (Å²) in [5.41, 5.74) is -1.07. The molecule has 2 rings (SSSR count). The van der Waals surface area contributed by atoms with Crippen LogP contribution in [0.25, 0.3) is 0 Å². The van der Waals surface area contributed by atoms with Crippen molar-refractivity contribution < 1.29 is 19.6 Å². The summed E-state index contributed by atoms with van der Waals surface area (Å²) >= 11 is 0. The molecule has 0 atom stereocenters. The number of nitro benzene ring substituents is 1. The Kier molecular flexibility index (Phi) is 2.60. The lowest BCUT2D eigenvalue weighted by atomic mass is 10.2. The summed E-state index contributed by atoms with van der Waals surface area (Å²) in [6.07, 6.45) is -0.463. The van der Waals surface area contributed by atoms with Gasteiger partial charge in [0.1, 0.15) is 0 Å². The average Bonchev–Trinajstić information content (AvgIpc) is 2.58. The molecule has 1 N–H and O–H groups in total. The topological polar surface area (TPSA) is 121 Å². The van der Waals surface area contributed by atoms with E-state index in [-0.39, 0.29) is 12.8 Å². The molecular formula is C10H8N2O6. The van der Waals surface area contributed by atoms with E-state index in [1.807, 2.05) is 0 Å². The molecule has 94 valence electrons. The van der Waals surface area contributed by atoms with Crippen LogP contribution < -0.4 is 4.65 Å². The van der Waals surface area contributed by atoms with E-state index in [4.69, 9.17) is 0 Å². The number of hydrogen-bond acceptors (Lipinski definition) is 6. The third kappa shape index (κ3) is 1.55. The van der Waals surface area contributed by atoms with Gasteiger partial charge in [0.05, 0.1) is 23.8 Å². The van der Waals surface area contributed by atoms with Crippen molar-refractivity contribution in [2.45, 2.75) is 12.8 Å². The maximum absolute atomic E-state index is 12.2. The number of carbonyl (C=O) groups is 2. The van der Waals surface area contributed by atoms with Crippen molar-refractivity contribution in [3.8, 4) is 5.75 Å². The van der Waals surface area contributed by atoms with Gasteiger partial charge >= 0.3 is 11.8 Å². The number of imide groups is 1. The van der Waals surface area contributed by atoms with Gasteiger partial charge in [-0.15, -0.1) is 0 Å². The summed E-state index contributed by atoms with van der Waals surface area (Å²) in [6.45, 7) is 0. The molecule has 0 saturated carbocycles. The van der Waals surface area contributed by atoms with Gasteiger partial charge in [0.2, 0.25) is 0 Å². The number of hydrogen-bond donors (Lipinski definition) is 1. The monoisotopic (exact) mass is 252 g/mol. The second-order valence-corrected chi connectivity index (χ2v) is 3.83. The zero-order valence-electron chi connectivity index (χ0n) is 9.03. The summed E-state index contributed by atoms with van der Waals surface area (Å²) in [6, 6.07) is 2.66. The number of rotatable bonds is 2. The van der Waals surface area contributed by atoms with Crippen LogP contribution in [0, 0.1) is 15.3 Å². The van der Waals surface area contributed by atoms with Gasteiger partial charge in [0.15, 0.2) is 11.4 Å². The maximum Gasteiger partial charge on any atom is 0.326 e. The normalized spacial score (nSPS) is 18.1. The number of aromatic hydroxyl groups is 1. The van der Waals surface area contributed by atoms with Crippen molar-refractivity contribution in [3.63, 3.8) is 0 Å². The molecule has 8 nitrogen and oxygen atoms in total. The van der Waals surface area contributed by atoms with Crippen molar-refractivity contribution in [2.75, 3.05) is 0 Å². The number of phenolic OH excluding ortho intramolecular Hbond substituents is 1. The summed E-state index contributed by atoms with van der Waals surface area (Å²) in [4.78, 5) is 32.8. The molecule has 0 radical (unpaired) electrons. The van der Waals surface area contributed by atoms with Crippen LogP contribution in [0.3, 0.4) is 0 Å². The SMILES string of the molecule is O=C1CCC(=O)[N+]1([O-])c1cc([N+](=O)[O-])ccc1O. The number of benzene rings is 1. The first-order chi connectivity index (χ1) is 8.37. The first kappa shape index (κ1) is 12.1. The highest BCUT2D eigenvalue weighted by Gasteiger charge is 2.46. The average molecular weight is 252 g/mol. The fourth-order valence-corrected chi connectivity index (χ4v) is 1.81. The molecule has 0 unspecified atom stereocenters. The molecule has 0 bridgehead atoms. The number of quaternary nitrogens is 1. The Morgan fingerprint density at radius 3 is 2.28 bits per heavy atom. The number of phenols is 1. The van der Waals surface area contributed by atoms with Crippen molar-refractivity contribution in [1.29, 1.82) is 0 Å². The molecule has 18 heavy (non-hydrogen) atoms. The predicted octanol–water partition coefficient (Wildman–Crippen LogP) is 0.952. The third-order valence-electron chi connectivity index (χ3n) is 2.76.